The fourth-order valence-corrected chi connectivity index (χ4v) is 4.40. The fraction of sp³-hybridized carbons (Fsp3) is 0.103. The molecular formula is C29H22FN3O5. The molecule has 5 aromatic rings. The molecule has 1 amide bonds. The minimum atomic E-state index is -0.584. The number of hydrogen-bond acceptors (Lipinski definition) is 5. The van der Waals surface area contributed by atoms with Gasteiger partial charge in [0.1, 0.15) is 17.3 Å². The first-order valence-corrected chi connectivity index (χ1v) is 11.9. The third-order valence-corrected chi connectivity index (χ3v) is 6.10. The van der Waals surface area contributed by atoms with Crippen molar-refractivity contribution in [1.29, 1.82) is 0 Å². The van der Waals surface area contributed by atoms with Gasteiger partial charge in [0.05, 0.1) is 27.7 Å². The Morgan fingerprint density at radius 1 is 0.895 bits per heavy atom. The summed E-state index contributed by atoms with van der Waals surface area (Å²) in [6.45, 7) is 0.489. The van der Waals surface area contributed by atoms with Gasteiger partial charge >= 0.3 is 0 Å². The molecule has 4 aromatic carbocycles. The number of anilines is 1. The quantitative estimate of drug-likeness (QED) is 0.147. The number of rotatable bonds is 8. The molecule has 0 bridgehead atoms. The van der Waals surface area contributed by atoms with Crippen LogP contribution < -0.4 is 15.5 Å². The van der Waals surface area contributed by atoms with Gasteiger partial charge in [-0.05, 0) is 55.0 Å². The van der Waals surface area contributed by atoms with Crippen LogP contribution in [0.3, 0.4) is 0 Å². The highest BCUT2D eigenvalue weighted by Crippen LogP contribution is 2.30. The molecule has 0 unspecified atom stereocenters. The fourth-order valence-electron chi connectivity index (χ4n) is 4.40. The predicted molar refractivity (Wildman–Crippen MR) is 143 cm³/mol. The number of pyridine rings is 1. The molecule has 38 heavy (non-hydrogen) atoms. The average molecular weight is 512 g/mol. The summed E-state index contributed by atoms with van der Waals surface area (Å²) in [7, 11) is 0. The number of nitrogens with one attached hydrogen (secondary N) is 1. The summed E-state index contributed by atoms with van der Waals surface area (Å²) in [6, 6.07) is 23.9. The molecule has 8 nitrogen and oxygen atoms in total. The number of nitro groups is 1. The van der Waals surface area contributed by atoms with Gasteiger partial charge in [-0.15, -0.1) is 0 Å². The minimum absolute atomic E-state index is 0.0328. The highest BCUT2D eigenvalue weighted by Gasteiger charge is 2.14. The molecular weight excluding hydrogens is 489 g/mol. The van der Waals surface area contributed by atoms with Gasteiger partial charge in [-0.25, -0.2) is 4.39 Å². The van der Waals surface area contributed by atoms with Crippen LogP contribution in [0.5, 0.6) is 11.5 Å². The van der Waals surface area contributed by atoms with E-state index in [1.165, 1.54) is 42.5 Å². The molecule has 0 aliphatic heterocycles. The van der Waals surface area contributed by atoms with Gasteiger partial charge in [-0.1, -0.05) is 24.3 Å². The van der Waals surface area contributed by atoms with Gasteiger partial charge in [0.25, 0.3) is 5.69 Å². The number of non-ortho nitro benzene ring substituents is 1. The number of aryl methyl sites for hydroxylation is 1. The van der Waals surface area contributed by atoms with Crippen LogP contribution in [0.15, 0.2) is 95.8 Å². The van der Waals surface area contributed by atoms with Crippen molar-refractivity contribution in [2.24, 2.45) is 0 Å². The number of para-hydroxylation sites is 2. The summed E-state index contributed by atoms with van der Waals surface area (Å²) < 4.78 is 20.8. The molecule has 0 aliphatic carbocycles. The molecule has 0 aliphatic rings. The standard InChI is InChI=1S/C29H22FN3O5/c30-19-11-13-22(14-12-19)38-23-17-20(16-21(18-23)33(36)37)31-28(34)10-5-15-32-26-8-3-1-6-24(26)29(35)25-7-2-4-9-27(25)32/h1-4,6-9,11-14,16-18H,5,10,15H2,(H,31,34). The van der Waals surface area contributed by atoms with Crippen LogP contribution in [0.2, 0.25) is 0 Å². The smallest absolute Gasteiger partial charge is 0.275 e. The third kappa shape index (κ3) is 5.22. The number of hydrogen-bond donors (Lipinski definition) is 1. The number of ether oxygens (including phenoxy) is 1. The summed E-state index contributed by atoms with van der Waals surface area (Å²) in [4.78, 5) is 36.5. The van der Waals surface area contributed by atoms with Crippen LogP contribution in [0.25, 0.3) is 21.8 Å². The van der Waals surface area contributed by atoms with E-state index in [0.29, 0.717) is 29.5 Å². The van der Waals surface area contributed by atoms with Crippen molar-refractivity contribution in [2.75, 3.05) is 5.32 Å². The summed E-state index contributed by atoms with van der Waals surface area (Å²) in [5.41, 5.74) is 1.50. The molecule has 190 valence electrons. The monoisotopic (exact) mass is 511 g/mol. The summed E-state index contributed by atoms with van der Waals surface area (Å²) in [6.07, 6.45) is 0.613. The Bertz CT molecular complexity index is 1670. The van der Waals surface area contributed by atoms with Gasteiger partial charge in [-0.2, -0.15) is 0 Å². The van der Waals surface area contributed by atoms with E-state index >= 15 is 0 Å². The molecule has 0 saturated carbocycles. The van der Waals surface area contributed by atoms with Crippen LogP contribution >= 0.6 is 0 Å². The second kappa shape index (κ2) is 10.5. The molecule has 9 heteroatoms. The Hall–Kier alpha value is -5.05. The van der Waals surface area contributed by atoms with Crippen LogP contribution in [0.1, 0.15) is 12.8 Å². The van der Waals surface area contributed by atoms with E-state index in [9.17, 15) is 24.1 Å². The van der Waals surface area contributed by atoms with Gasteiger partial charge in [-0.3, -0.25) is 19.7 Å². The molecule has 5 rings (SSSR count). The number of fused-ring (bicyclic) bond motifs is 2. The van der Waals surface area contributed by atoms with E-state index in [1.54, 1.807) is 12.1 Å². The van der Waals surface area contributed by atoms with Crippen molar-refractivity contribution in [1.82, 2.24) is 4.57 Å². The Balaban J connectivity index is 1.32. The number of carbonyl (C=O) groups is 1. The lowest BCUT2D eigenvalue weighted by Crippen LogP contribution is -2.15. The second-order valence-electron chi connectivity index (χ2n) is 8.70. The lowest BCUT2D eigenvalue weighted by molar-refractivity contribution is -0.384. The lowest BCUT2D eigenvalue weighted by Gasteiger charge is -2.15. The van der Waals surface area contributed by atoms with Crippen molar-refractivity contribution < 1.29 is 18.8 Å². The van der Waals surface area contributed by atoms with Crippen LogP contribution in [-0.4, -0.2) is 15.4 Å². The average Bonchev–Trinajstić information content (AvgIpc) is 2.92. The molecule has 1 heterocycles. The lowest BCUT2D eigenvalue weighted by atomic mass is 10.1. The molecule has 0 saturated heterocycles. The maximum absolute atomic E-state index is 13.2. The highest BCUT2D eigenvalue weighted by atomic mass is 19.1. The number of benzene rings is 4. The van der Waals surface area contributed by atoms with E-state index in [-0.39, 0.29) is 34.9 Å². The minimum Gasteiger partial charge on any atom is -0.457 e. The van der Waals surface area contributed by atoms with E-state index in [4.69, 9.17) is 4.74 Å². The summed E-state index contributed by atoms with van der Waals surface area (Å²) >= 11 is 0. The zero-order chi connectivity index (χ0) is 26.6. The molecule has 0 fully saturated rings. The van der Waals surface area contributed by atoms with Gasteiger partial charge in [0.2, 0.25) is 5.91 Å². The topological polar surface area (TPSA) is 103 Å². The van der Waals surface area contributed by atoms with Crippen LogP contribution in [0.4, 0.5) is 15.8 Å². The molecule has 1 N–H and O–H groups in total. The van der Waals surface area contributed by atoms with Gasteiger partial charge in [0, 0.05) is 35.9 Å². The van der Waals surface area contributed by atoms with E-state index < -0.39 is 10.7 Å². The normalized spacial score (nSPS) is 11.0. The Labute approximate surface area is 216 Å². The van der Waals surface area contributed by atoms with Crippen LogP contribution in [-0.2, 0) is 11.3 Å². The summed E-state index contributed by atoms with van der Waals surface area (Å²) in [5.74, 6) is -0.336. The SMILES string of the molecule is O=C(CCCn1c2ccccc2c(=O)c2ccccc21)Nc1cc(Oc2ccc(F)cc2)cc([N+](=O)[O-])c1. The first kappa shape index (κ1) is 24.6. The van der Waals surface area contributed by atoms with Crippen molar-refractivity contribution in [3.8, 4) is 11.5 Å². The zero-order valence-electron chi connectivity index (χ0n) is 20.1. The number of carbonyl (C=O) groups excluding carboxylic acids is 1. The first-order valence-electron chi connectivity index (χ1n) is 11.9. The second-order valence-corrected chi connectivity index (χ2v) is 8.70. The number of aromatic nitrogens is 1. The molecule has 0 spiro atoms. The molecule has 0 atom stereocenters. The van der Waals surface area contributed by atoms with Crippen LogP contribution in [0, 0.1) is 15.9 Å². The largest absolute Gasteiger partial charge is 0.457 e. The van der Waals surface area contributed by atoms with E-state index in [0.717, 1.165) is 11.0 Å². The Morgan fingerprint density at radius 2 is 1.53 bits per heavy atom. The van der Waals surface area contributed by atoms with E-state index in [2.05, 4.69) is 5.32 Å². The number of nitro benzene ring substituents is 1. The van der Waals surface area contributed by atoms with Crippen molar-refractivity contribution in [3.05, 3.63) is 117 Å². The Morgan fingerprint density at radius 3 is 2.16 bits per heavy atom. The zero-order valence-corrected chi connectivity index (χ0v) is 20.1. The van der Waals surface area contributed by atoms with Gasteiger partial charge < -0.3 is 14.6 Å². The summed E-state index contributed by atoms with van der Waals surface area (Å²) in [5, 5.41) is 15.3. The van der Waals surface area contributed by atoms with Crippen molar-refractivity contribution in [3.63, 3.8) is 0 Å². The molecule has 0 radical (unpaired) electrons. The van der Waals surface area contributed by atoms with E-state index in [1.807, 2.05) is 41.0 Å². The predicted octanol–water partition coefficient (Wildman–Crippen LogP) is 6.41. The maximum Gasteiger partial charge on any atom is 0.275 e. The Kier molecular flexibility index (Phi) is 6.82. The van der Waals surface area contributed by atoms with Crippen molar-refractivity contribution in [2.45, 2.75) is 19.4 Å². The number of nitrogens with zero attached hydrogens (tertiary/aromatic N) is 2. The van der Waals surface area contributed by atoms with Gasteiger partial charge in [0.15, 0.2) is 5.43 Å². The maximum atomic E-state index is 13.2. The number of amides is 1. The third-order valence-electron chi connectivity index (χ3n) is 6.10. The number of halogens is 1. The molecule has 1 aromatic heterocycles. The van der Waals surface area contributed by atoms with Crippen molar-refractivity contribution >= 4 is 39.1 Å². The highest BCUT2D eigenvalue weighted by molar-refractivity contribution is 5.94. The first-order chi connectivity index (χ1) is 18.4.